The lowest BCUT2D eigenvalue weighted by molar-refractivity contribution is 0.184. The molecule has 0 amide bonds. The maximum absolute atomic E-state index is 11.4. The Hall–Kier alpha value is -0.170. The van der Waals surface area contributed by atoms with E-state index >= 15 is 0 Å². The van der Waals surface area contributed by atoms with Crippen molar-refractivity contribution in [3.05, 3.63) is 0 Å². The van der Waals surface area contributed by atoms with Crippen LogP contribution in [0.2, 0.25) is 0 Å². The molecule has 0 aliphatic carbocycles. The van der Waals surface area contributed by atoms with Crippen LogP contribution in [0.25, 0.3) is 0 Å². The molecule has 1 aliphatic heterocycles. The van der Waals surface area contributed by atoms with Crippen LogP contribution >= 0.6 is 0 Å². The molecule has 1 atom stereocenters. The molecule has 0 spiro atoms. The van der Waals surface area contributed by atoms with Gasteiger partial charge in [-0.05, 0) is 39.3 Å². The standard InChI is InChI=1S/C13H29N3O2S/c1-4-7-14-13(2)6-5-8-15-9-11-16(12-10-15)19(3,17)18/h13-14H,4-12H2,1-3H3. The molecule has 1 N–H and O–H groups in total. The molecular formula is C13H29N3O2S. The summed E-state index contributed by atoms with van der Waals surface area (Å²) in [7, 11) is -3.00. The highest BCUT2D eigenvalue weighted by molar-refractivity contribution is 7.88. The van der Waals surface area contributed by atoms with E-state index in [1.807, 2.05) is 0 Å². The normalized spacial score (nSPS) is 20.6. The van der Waals surface area contributed by atoms with E-state index in [0.29, 0.717) is 19.1 Å². The highest BCUT2D eigenvalue weighted by Gasteiger charge is 2.22. The Kier molecular flexibility index (Phi) is 7.28. The fraction of sp³-hybridized carbons (Fsp3) is 1.00. The molecule has 0 aromatic carbocycles. The van der Waals surface area contributed by atoms with E-state index in [-0.39, 0.29) is 0 Å². The molecule has 1 heterocycles. The number of rotatable bonds is 8. The quantitative estimate of drug-likeness (QED) is 0.716. The van der Waals surface area contributed by atoms with E-state index < -0.39 is 10.0 Å². The number of hydrogen-bond acceptors (Lipinski definition) is 4. The van der Waals surface area contributed by atoms with E-state index in [1.54, 1.807) is 4.31 Å². The largest absolute Gasteiger partial charge is 0.314 e. The van der Waals surface area contributed by atoms with Gasteiger partial charge in [0.05, 0.1) is 6.26 Å². The number of sulfonamides is 1. The molecule has 1 fully saturated rings. The summed E-state index contributed by atoms with van der Waals surface area (Å²) < 4.78 is 24.4. The first-order valence-electron chi connectivity index (χ1n) is 7.34. The second-order valence-electron chi connectivity index (χ2n) is 5.50. The monoisotopic (exact) mass is 291 g/mol. The average Bonchev–Trinajstić information content (AvgIpc) is 2.36. The third-order valence-corrected chi connectivity index (χ3v) is 4.96. The number of nitrogens with one attached hydrogen (secondary N) is 1. The van der Waals surface area contributed by atoms with Gasteiger partial charge in [-0.2, -0.15) is 4.31 Å². The van der Waals surface area contributed by atoms with E-state index in [1.165, 1.54) is 25.5 Å². The smallest absolute Gasteiger partial charge is 0.211 e. The molecule has 1 saturated heterocycles. The third kappa shape index (κ3) is 6.70. The lowest BCUT2D eigenvalue weighted by Crippen LogP contribution is -2.48. The van der Waals surface area contributed by atoms with Gasteiger partial charge in [-0.15, -0.1) is 0 Å². The zero-order valence-electron chi connectivity index (χ0n) is 12.6. The van der Waals surface area contributed by atoms with Gasteiger partial charge in [-0.25, -0.2) is 8.42 Å². The van der Waals surface area contributed by atoms with Crippen molar-refractivity contribution in [3.63, 3.8) is 0 Å². The van der Waals surface area contributed by atoms with Gasteiger partial charge in [-0.1, -0.05) is 6.92 Å². The first kappa shape index (κ1) is 16.9. The van der Waals surface area contributed by atoms with E-state index in [9.17, 15) is 8.42 Å². The molecule has 0 aromatic heterocycles. The van der Waals surface area contributed by atoms with Crippen molar-refractivity contribution in [2.75, 3.05) is 45.5 Å². The molecule has 6 heteroatoms. The van der Waals surface area contributed by atoms with Crippen LogP contribution < -0.4 is 5.32 Å². The lowest BCUT2D eigenvalue weighted by Gasteiger charge is -2.33. The van der Waals surface area contributed by atoms with E-state index in [2.05, 4.69) is 24.1 Å². The number of piperazine rings is 1. The van der Waals surface area contributed by atoms with Crippen LogP contribution in [0.4, 0.5) is 0 Å². The molecule has 1 aliphatic rings. The van der Waals surface area contributed by atoms with Crippen molar-refractivity contribution in [3.8, 4) is 0 Å². The second kappa shape index (κ2) is 8.19. The van der Waals surface area contributed by atoms with Crippen LogP contribution in [0.15, 0.2) is 0 Å². The minimum atomic E-state index is -3.00. The molecule has 114 valence electrons. The van der Waals surface area contributed by atoms with Gasteiger partial charge in [-0.3, -0.25) is 0 Å². The Bertz CT molecular complexity index is 338. The Morgan fingerprint density at radius 1 is 1.21 bits per heavy atom. The SMILES string of the molecule is CCCNC(C)CCCN1CCN(S(C)(=O)=O)CC1. The average molecular weight is 291 g/mol. The third-order valence-electron chi connectivity index (χ3n) is 3.65. The summed E-state index contributed by atoms with van der Waals surface area (Å²) in [5, 5.41) is 3.49. The van der Waals surface area contributed by atoms with Crippen molar-refractivity contribution in [1.29, 1.82) is 0 Å². The number of hydrogen-bond donors (Lipinski definition) is 1. The Balaban J connectivity index is 2.13. The van der Waals surface area contributed by atoms with Crippen LogP contribution in [0.1, 0.15) is 33.1 Å². The molecule has 0 aromatic rings. The molecule has 1 unspecified atom stereocenters. The molecule has 0 saturated carbocycles. The first-order chi connectivity index (χ1) is 8.93. The van der Waals surface area contributed by atoms with Crippen molar-refractivity contribution in [1.82, 2.24) is 14.5 Å². The predicted octanol–water partition coefficient (Wildman–Crippen LogP) is 0.732. The van der Waals surface area contributed by atoms with Crippen molar-refractivity contribution < 1.29 is 8.42 Å². The summed E-state index contributed by atoms with van der Waals surface area (Å²) in [5.74, 6) is 0. The lowest BCUT2D eigenvalue weighted by atomic mass is 10.1. The number of nitrogens with zero attached hydrogens (tertiary/aromatic N) is 2. The molecule has 0 bridgehead atoms. The fourth-order valence-electron chi connectivity index (χ4n) is 2.40. The Morgan fingerprint density at radius 3 is 2.37 bits per heavy atom. The van der Waals surface area contributed by atoms with Crippen LogP contribution in [-0.2, 0) is 10.0 Å². The molecule has 0 radical (unpaired) electrons. The summed E-state index contributed by atoms with van der Waals surface area (Å²) in [5.41, 5.74) is 0. The van der Waals surface area contributed by atoms with Gasteiger partial charge in [0.15, 0.2) is 0 Å². The highest BCUT2D eigenvalue weighted by Crippen LogP contribution is 2.07. The molecule has 1 rings (SSSR count). The Morgan fingerprint density at radius 2 is 1.84 bits per heavy atom. The Labute approximate surface area is 118 Å². The summed E-state index contributed by atoms with van der Waals surface area (Å²) in [6.07, 6.45) is 4.84. The topological polar surface area (TPSA) is 52.6 Å². The molecular weight excluding hydrogens is 262 g/mol. The van der Waals surface area contributed by atoms with Crippen molar-refractivity contribution in [2.45, 2.75) is 39.2 Å². The van der Waals surface area contributed by atoms with E-state index in [4.69, 9.17) is 0 Å². The van der Waals surface area contributed by atoms with Crippen molar-refractivity contribution >= 4 is 10.0 Å². The van der Waals surface area contributed by atoms with Gasteiger partial charge >= 0.3 is 0 Å². The van der Waals surface area contributed by atoms with Crippen LogP contribution in [0.5, 0.6) is 0 Å². The maximum Gasteiger partial charge on any atom is 0.211 e. The second-order valence-corrected chi connectivity index (χ2v) is 7.48. The van der Waals surface area contributed by atoms with Crippen molar-refractivity contribution in [2.24, 2.45) is 0 Å². The molecule has 19 heavy (non-hydrogen) atoms. The van der Waals surface area contributed by atoms with Gasteiger partial charge < -0.3 is 10.2 Å². The summed E-state index contributed by atoms with van der Waals surface area (Å²) in [6, 6.07) is 0.581. The minimum absolute atomic E-state index is 0.581. The summed E-state index contributed by atoms with van der Waals surface area (Å²) in [6.45, 7) is 9.60. The van der Waals surface area contributed by atoms with Gasteiger partial charge in [0.2, 0.25) is 10.0 Å². The maximum atomic E-state index is 11.4. The predicted molar refractivity (Wildman–Crippen MR) is 79.8 cm³/mol. The van der Waals surface area contributed by atoms with Crippen LogP contribution in [-0.4, -0.2) is 69.2 Å². The van der Waals surface area contributed by atoms with Crippen LogP contribution in [0, 0.1) is 0 Å². The van der Waals surface area contributed by atoms with Crippen LogP contribution in [0.3, 0.4) is 0 Å². The van der Waals surface area contributed by atoms with E-state index in [0.717, 1.165) is 26.2 Å². The highest BCUT2D eigenvalue weighted by atomic mass is 32.2. The van der Waals surface area contributed by atoms with Gasteiger partial charge in [0, 0.05) is 32.2 Å². The zero-order valence-corrected chi connectivity index (χ0v) is 13.4. The first-order valence-corrected chi connectivity index (χ1v) is 9.19. The minimum Gasteiger partial charge on any atom is -0.314 e. The summed E-state index contributed by atoms with van der Waals surface area (Å²) in [4.78, 5) is 2.37. The fourth-order valence-corrected chi connectivity index (χ4v) is 3.23. The summed E-state index contributed by atoms with van der Waals surface area (Å²) >= 11 is 0. The molecule has 5 nitrogen and oxygen atoms in total. The zero-order chi connectivity index (χ0) is 14.3. The van der Waals surface area contributed by atoms with Gasteiger partial charge in [0.1, 0.15) is 0 Å². The van der Waals surface area contributed by atoms with Gasteiger partial charge in [0.25, 0.3) is 0 Å².